The van der Waals surface area contributed by atoms with Crippen molar-refractivity contribution in [1.82, 2.24) is 10.6 Å². The molecule has 2 amide bonds. The van der Waals surface area contributed by atoms with Crippen molar-refractivity contribution in [3.63, 3.8) is 0 Å². The lowest BCUT2D eigenvalue weighted by Gasteiger charge is -2.07. The van der Waals surface area contributed by atoms with Crippen LogP contribution < -0.4 is 10.6 Å². The Morgan fingerprint density at radius 1 is 1.14 bits per heavy atom. The summed E-state index contributed by atoms with van der Waals surface area (Å²) in [7, 11) is 0. The Bertz CT molecular complexity index is 445. The number of ether oxygens (including phenoxy) is 1. The van der Waals surface area contributed by atoms with E-state index in [1.54, 1.807) is 12.1 Å². The summed E-state index contributed by atoms with van der Waals surface area (Å²) >= 11 is 0. The number of amides is 2. The van der Waals surface area contributed by atoms with E-state index in [9.17, 15) is 9.59 Å². The van der Waals surface area contributed by atoms with Crippen LogP contribution in [0.3, 0.4) is 0 Å². The highest BCUT2D eigenvalue weighted by atomic mass is 16.5. The smallest absolute Gasteiger partial charge is 0.251 e. The minimum atomic E-state index is -0.267. The van der Waals surface area contributed by atoms with Gasteiger partial charge in [-0.15, -0.1) is 0 Å². The average Bonchev–Trinajstić information content (AvgIpc) is 2.49. The molecule has 0 fully saturated rings. The molecule has 0 aromatic heterocycles. The second-order valence-electron chi connectivity index (χ2n) is 4.59. The molecule has 0 atom stereocenters. The topological polar surface area (TPSA) is 87.7 Å². The maximum Gasteiger partial charge on any atom is 0.251 e. The fourth-order valence-corrected chi connectivity index (χ4v) is 1.60. The molecule has 0 bridgehead atoms. The SMILES string of the molecule is Cc1ccc(C(=O)NCC(=O)NCCCOCCO)cc1. The summed E-state index contributed by atoms with van der Waals surface area (Å²) in [5.74, 6) is -0.506. The van der Waals surface area contributed by atoms with Crippen molar-refractivity contribution in [3.8, 4) is 0 Å². The lowest BCUT2D eigenvalue weighted by atomic mass is 10.1. The second-order valence-corrected chi connectivity index (χ2v) is 4.59. The third-order valence-electron chi connectivity index (χ3n) is 2.75. The zero-order valence-electron chi connectivity index (χ0n) is 12.2. The van der Waals surface area contributed by atoms with E-state index in [1.807, 2.05) is 19.1 Å². The molecule has 0 unspecified atom stereocenters. The number of aliphatic hydroxyl groups is 1. The first-order chi connectivity index (χ1) is 10.1. The fraction of sp³-hybridized carbons (Fsp3) is 0.467. The Morgan fingerprint density at radius 3 is 2.52 bits per heavy atom. The zero-order chi connectivity index (χ0) is 15.5. The molecule has 21 heavy (non-hydrogen) atoms. The summed E-state index contributed by atoms with van der Waals surface area (Å²) in [5.41, 5.74) is 1.61. The Labute approximate surface area is 124 Å². The number of benzene rings is 1. The molecular weight excluding hydrogens is 272 g/mol. The first-order valence-electron chi connectivity index (χ1n) is 6.93. The average molecular weight is 294 g/mol. The third kappa shape index (κ3) is 7.43. The molecular formula is C15H22N2O4. The largest absolute Gasteiger partial charge is 0.394 e. The quantitative estimate of drug-likeness (QED) is 0.569. The molecule has 1 aromatic carbocycles. The summed E-state index contributed by atoms with van der Waals surface area (Å²) < 4.78 is 5.06. The molecule has 0 aliphatic rings. The van der Waals surface area contributed by atoms with E-state index >= 15 is 0 Å². The van der Waals surface area contributed by atoms with Crippen LogP contribution in [0.1, 0.15) is 22.3 Å². The van der Waals surface area contributed by atoms with Crippen molar-refractivity contribution in [1.29, 1.82) is 0 Å². The Hall–Kier alpha value is -1.92. The summed E-state index contributed by atoms with van der Waals surface area (Å²) in [6, 6.07) is 7.14. The van der Waals surface area contributed by atoms with E-state index in [0.717, 1.165) is 5.56 Å². The number of carbonyl (C=O) groups excluding carboxylic acids is 2. The van der Waals surface area contributed by atoms with Crippen molar-refractivity contribution in [3.05, 3.63) is 35.4 Å². The van der Waals surface area contributed by atoms with Crippen LogP contribution in [0.25, 0.3) is 0 Å². The van der Waals surface area contributed by atoms with Crippen molar-refractivity contribution in [2.45, 2.75) is 13.3 Å². The molecule has 0 heterocycles. The van der Waals surface area contributed by atoms with Gasteiger partial charge in [0.1, 0.15) is 0 Å². The maximum atomic E-state index is 11.8. The molecule has 0 aliphatic heterocycles. The van der Waals surface area contributed by atoms with E-state index in [0.29, 0.717) is 31.7 Å². The molecule has 6 heteroatoms. The first-order valence-corrected chi connectivity index (χ1v) is 6.93. The number of hydrogen-bond donors (Lipinski definition) is 3. The summed E-state index contributed by atoms with van der Waals surface area (Å²) in [5, 5.41) is 13.8. The van der Waals surface area contributed by atoms with E-state index in [-0.39, 0.29) is 25.0 Å². The van der Waals surface area contributed by atoms with Gasteiger partial charge < -0.3 is 20.5 Å². The molecule has 0 spiro atoms. The van der Waals surface area contributed by atoms with E-state index in [1.165, 1.54) is 0 Å². The van der Waals surface area contributed by atoms with Gasteiger partial charge in [0.25, 0.3) is 5.91 Å². The van der Waals surface area contributed by atoms with Gasteiger partial charge in [-0.25, -0.2) is 0 Å². The number of rotatable bonds is 9. The van der Waals surface area contributed by atoms with Crippen LogP contribution in [0, 0.1) is 6.92 Å². The van der Waals surface area contributed by atoms with Gasteiger partial charge in [0.2, 0.25) is 5.91 Å². The number of nitrogens with one attached hydrogen (secondary N) is 2. The van der Waals surface area contributed by atoms with E-state index in [4.69, 9.17) is 9.84 Å². The van der Waals surface area contributed by atoms with Gasteiger partial charge in [-0.05, 0) is 25.5 Å². The van der Waals surface area contributed by atoms with Crippen molar-refractivity contribution < 1.29 is 19.4 Å². The fourth-order valence-electron chi connectivity index (χ4n) is 1.60. The van der Waals surface area contributed by atoms with Gasteiger partial charge in [0.05, 0.1) is 19.8 Å². The van der Waals surface area contributed by atoms with Crippen molar-refractivity contribution in [2.75, 3.05) is 32.9 Å². The molecule has 3 N–H and O–H groups in total. The minimum Gasteiger partial charge on any atom is -0.394 e. The van der Waals surface area contributed by atoms with Crippen LogP contribution in [0.4, 0.5) is 0 Å². The molecule has 0 saturated carbocycles. The van der Waals surface area contributed by atoms with Crippen LogP contribution in [-0.4, -0.2) is 49.8 Å². The third-order valence-corrected chi connectivity index (χ3v) is 2.75. The number of aryl methyl sites for hydroxylation is 1. The number of carbonyl (C=O) groups is 2. The predicted molar refractivity (Wildman–Crippen MR) is 79.0 cm³/mol. The van der Waals surface area contributed by atoms with Crippen molar-refractivity contribution in [2.24, 2.45) is 0 Å². The van der Waals surface area contributed by atoms with Gasteiger partial charge in [0, 0.05) is 18.7 Å². The molecule has 0 aliphatic carbocycles. The predicted octanol–water partition coefficient (Wildman–Crippen LogP) is 0.240. The van der Waals surface area contributed by atoms with Gasteiger partial charge in [-0.3, -0.25) is 9.59 Å². The second kappa shape index (κ2) is 9.90. The molecule has 0 radical (unpaired) electrons. The monoisotopic (exact) mass is 294 g/mol. The lowest BCUT2D eigenvalue weighted by Crippen LogP contribution is -2.37. The van der Waals surface area contributed by atoms with Crippen molar-refractivity contribution >= 4 is 11.8 Å². The van der Waals surface area contributed by atoms with Gasteiger partial charge in [0.15, 0.2) is 0 Å². The van der Waals surface area contributed by atoms with Crippen LogP contribution in [0.15, 0.2) is 24.3 Å². The highest BCUT2D eigenvalue weighted by Crippen LogP contribution is 2.02. The summed E-state index contributed by atoms with van der Waals surface area (Å²) in [6.07, 6.45) is 0.664. The summed E-state index contributed by atoms with van der Waals surface area (Å²) in [6.45, 7) is 3.16. The minimum absolute atomic E-state index is 0.00258. The Kier molecular flexibility index (Phi) is 8.08. The van der Waals surface area contributed by atoms with Crippen LogP contribution in [0.5, 0.6) is 0 Å². The maximum absolute atomic E-state index is 11.8. The van der Waals surface area contributed by atoms with Crippen LogP contribution in [-0.2, 0) is 9.53 Å². The highest BCUT2D eigenvalue weighted by molar-refractivity contribution is 5.96. The normalized spacial score (nSPS) is 10.2. The molecule has 116 valence electrons. The zero-order valence-corrected chi connectivity index (χ0v) is 12.2. The Morgan fingerprint density at radius 2 is 1.86 bits per heavy atom. The molecule has 6 nitrogen and oxygen atoms in total. The van der Waals surface area contributed by atoms with Gasteiger partial charge in [-0.1, -0.05) is 17.7 Å². The van der Waals surface area contributed by atoms with Crippen LogP contribution in [0.2, 0.25) is 0 Å². The Balaban J connectivity index is 2.15. The molecule has 1 aromatic rings. The number of aliphatic hydroxyl groups excluding tert-OH is 1. The number of hydrogen-bond acceptors (Lipinski definition) is 4. The van der Waals surface area contributed by atoms with Gasteiger partial charge >= 0.3 is 0 Å². The lowest BCUT2D eigenvalue weighted by molar-refractivity contribution is -0.120. The molecule has 1 rings (SSSR count). The van der Waals surface area contributed by atoms with Crippen LogP contribution >= 0.6 is 0 Å². The summed E-state index contributed by atoms with van der Waals surface area (Å²) in [4.78, 5) is 23.3. The van der Waals surface area contributed by atoms with Gasteiger partial charge in [-0.2, -0.15) is 0 Å². The molecule has 0 saturated heterocycles. The van der Waals surface area contributed by atoms with E-state index < -0.39 is 0 Å². The van der Waals surface area contributed by atoms with E-state index in [2.05, 4.69) is 10.6 Å². The standard InChI is InChI=1S/C15H22N2O4/c1-12-3-5-13(6-4-12)15(20)17-11-14(19)16-7-2-9-21-10-8-18/h3-6,18H,2,7-11H2,1H3,(H,16,19)(H,17,20). The highest BCUT2D eigenvalue weighted by Gasteiger charge is 2.07. The first kappa shape index (κ1) is 17.1.